The summed E-state index contributed by atoms with van der Waals surface area (Å²) >= 11 is 1.43. The molecule has 0 saturated carbocycles. The van der Waals surface area contributed by atoms with Crippen LogP contribution < -0.4 is 0 Å². The number of amidine groups is 1. The van der Waals surface area contributed by atoms with E-state index in [-0.39, 0.29) is 5.91 Å². The number of aromatic nitrogens is 1. The van der Waals surface area contributed by atoms with E-state index in [9.17, 15) is 4.79 Å². The number of likely N-dealkylation sites (N-methyl/N-ethyl adjacent to an activating group) is 1. The Morgan fingerprint density at radius 3 is 2.60 bits per heavy atom. The molecule has 0 atom stereocenters. The van der Waals surface area contributed by atoms with E-state index in [2.05, 4.69) is 60.7 Å². The third-order valence-corrected chi connectivity index (χ3v) is 5.72. The average Bonchev–Trinajstić information content (AvgIpc) is 3.05. The summed E-state index contributed by atoms with van der Waals surface area (Å²) in [7, 11) is 3.47. The number of benzene rings is 1. The summed E-state index contributed by atoms with van der Waals surface area (Å²) in [5.41, 5.74) is 5.91. The van der Waals surface area contributed by atoms with Crippen molar-refractivity contribution in [1.82, 2.24) is 9.47 Å². The third kappa shape index (κ3) is 3.04. The van der Waals surface area contributed by atoms with Gasteiger partial charge in [-0.1, -0.05) is 25.1 Å². The topological polar surface area (TPSA) is 37.6 Å². The molecule has 1 saturated heterocycles. The Labute approximate surface area is 153 Å². The lowest BCUT2D eigenvalue weighted by atomic mass is 10.1. The van der Waals surface area contributed by atoms with Gasteiger partial charge >= 0.3 is 0 Å². The molecule has 0 radical (unpaired) electrons. The SMILES string of the molecule is CCc1ccccc1-n1c(C)cc(/C=C2\SC(=NC)N(C)C2=O)c1C. The van der Waals surface area contributed by atoms with Gasteiger partial charge in [-0.05, 0) is 61.4 Å². The third-order valence-electron chi connectivity index (χ3n) is 4.57. The largest absolute Gasteiger partial charge is 0.318 e. The van der Waals surface area contributed by atoms with Crippen molar-refractivity contribution in [3.8, 4) is 5.69 Å². The molecular weight excluding hydrogens is 330 g/mol. The van der Waals surface area contributed by atoms with Crippen LogP contribution in [0.5, 0.6) is 0 Å². The van der Waals surface area contributed by atoms with Crippen LogP contribution in [0.3, 0.4) is 0 Å². The van der Waals surface area contributed by atoms with Crippen LogP contribution in [-0.4, -0.2) is 34.6 Å². The van der Waals surface area contributed by atoms with Gasteiger partial charge in [0.15, 0.2) is 5.17 Å². The number of nitrogens with zero attached hydrogens (tertiary/aromatic N) is 3. The zero-order valence-electron chi connectivity index (χ0n) is 15.3. The Morgan fingerprint density at radius 1 is 1.24 bits per heavy atom. The second kappa shape index (κ2) is 6.92. The number of carbonyl (C=O) groups is 1. The van der Waals surface area contributed by atoms with E-state index in [0.717, 1.165) is 22.8 Å². The monoisotopic (exact) mass is 353 g/mol. The lowest BCUT2D eigenvalue weighted by Crippen LogP contribution is -2.23. The van der Waals surface area contributed by atoms with Crippen LogP contribution in [0, 0.1) is 13.8 Å². The van der Waals surface area contributed by atoms with E-state index >= 15 is 0 Å². The lowest BCUT2D eigenvalue weighted by molar-refractivity contribution is -0.121. The fourth-order valence-electron chi connectivity index (χ4n) is 3.22. The van der Waals surface area contributed by atoms with Crippen LogP contribution in [0.15, 0.2) is 40.2 Å². The fourth-order valence-corrected chi connectivity index (χ4v) is 4.14. The fraction of sp³-hybridized carbons (Fsp3) is 0.300. The standard InChI is InChI=1S/C20H23N3OS/c1-6-15-9-7-8-10-17(15)23-13(2)11-16(14(23)3)12-18-19(24)22(5)20(21-4)25-18/h7-12H,6H2,1-5H3/b18-12-,21-20?. The number of thioether (sulfide) groups is 1. The van der Waals surface area contributed by atoms with Crippen molar-refractivity contribution in [1.29, 1.82) is 0 Å². The van der Waals surface area contributed by atoms with E-state index in [1.54, 1.807) is 19.0 Å². The number of aryl methyl sites for hydroxylation is 2. The number of carbonyl (C=O) groups excluding carboxylic acids is 1. The number of amides is 1. The highest BCUT2D eigenvalue weighted by Crippen LogP contribution is 2.33. The molecule has 0 N–H and O–H groups in total. The summed E-state index contributed by atoms with van der Waals surface area (Å²) < 4.78 is 2.27. The summed E-state index contributed by atoms with van der Waals surface area (Å²) in [6.45, 7) is 6.38. The van der Waals surface area contributed by atoms with Gasteiger partial charge in [0, 0.05) is 31.2 Å². The van der Waals surface area contributed by atoms with Gasteiger partial charge in [-0.3, -0.25) is 14.7 Å². The van der Waals surface area contributed by atoms with Crippen LogP contribution in [-0.2, 0) is 11.2 Å². The molecule has 4 nitrogen and oxygen atoms in total. The van der Waals surface area contributed by atoms with Crippen LogP contribution in [0.2, 0.25) is 0 Å². The van der Waals surface area contributed by atoms with Crippen LogP contribution >= 0.6 is 11.8 Å². The molecular formula is C20H23N3OS. The van der Waals surface area contributed by atoms with E-state index in [4.69, 9.17) is 0 Å². The van der Waals surface area contributed by atoms with Crippen molar-refractivity contribution in [2.75, 3.05) is 14.1 Å². The minimum Gasteiger partial charge on any atom is -0.318 e. The lowest BCUT2D eigenvalue weighted by Gasteiger charge is -2.14. The predicted octanol–water partition coefficient (Wildman–Crippen LogP) is 4.19. The molecule has 0 bridgehead atoms. The van der Waals surface area contributed by atoms with Crippen molar-refractivity contribution in [2.45, 2.75) is 27.2 Å². The number of hydrogen-bond donors (Lipinski definition) is 0. The smallest absolute Gasteiger partial charge is 0.266 e. The van der Waals surface area contributed by atoms with Gasteiger partial charge in [0.2, 0.25) is 0 Å². The molecule has 1 aliphatic rings. The van der Waals surface area contributed by atoms with Crippen LogP contribution in [0.1, 0.15) is 29.4 Å². The van der Waals surface area contributed by atoms with E-state index in [1.807, 2.05) is 6.08 Å². The average molecular weight is 353 g/mol. The van der Waals surface area contributed by atoms with Gasteiger partial charge in [-0.2, -0.15) is 0 Å². The van der Waals surface area contributed by atoms with Gasteiger partial charge in [-0.25, -0.2) is 0 Å². The molecule has 2 aromatic rings. The summed E-state index contributed by atoms with van der Waals surface area (Å²) in [5.74, 6) is 0.00404. The molecule has 25 heavy (non-hydrogen) atoms. The Morgan fingerprint density at radius 2 is 1.96 bits per heavy atom. The molecule has 1 aromatic carbocycles. The van der Waals surface area contributed by atoms with Crippen molar-refractivity contribution < 1.29 is 4.79 Å². The summed E-state index contributed by atoms with van der Waals surface area (Å²) in [4.78, 5) is 18.9. The second-order valence-electron chi connectivity index (χ2n) is 6.13. The number of para-hydroxylation sites is 1. The van der Waals surface area contributed by atoms with Crippen molar-refractivity contribution >= 4 is 28.9 Å². The normalized spacial score (nSPS) is 18.0. The van der Waals surface area contributed by atoms with Gasteiger partial charge in [0.1, 0.15) is 0 Å². The highest BCUT2D eigenvalue weighted by atomic mass is 32.2. The predicted molar refractivity (Wildman–Crippen MR) is 106 cm³/mol. The Hall–Kier alpha value is -2.27. The van der Waals surface area contributed by atoms with Crippen LogP contribution in [0.25, 0.3) is 11.8 Å². The molecule has 2 heterocycles. The number of aliphatic imine (C=N–C) groups is 1. The minimum atomic E-state index is 0.00404. The van der Waals surface area contributed by atoms with Crippen LogP contribution in [0.4, 0.5) is 0 Å². The molecule has 130 valence electrons. The first-order valence-electron chi connectivity index (χ1n) is 8.39. The highest BCUT2D eigenvalue weighted by molar-refractivity contribution is 8.18. The van der Waals surface area contributed by atoms with Crippen molar-refractivity contribution in [3.63, 3.8) is 0 Å². The molecule has 1 aliphatic heterocycles. The second-order valence-corrected chi connectivity index (χ2v) is 7.13. The molecule has 1 aromatic heterocycles. The first-order chi connectivity index (χ1) is 12.0. The molecule has 3 rings (SSSR count). The van der Waals surface area contributed by atoms with E-state index in [0.29, 0.717) is 4.91 Å². The first-order valence-corrected chi connectivity index (χ1v) is 9.21. The Kier molecular flexibility index (Phi) is 4.86. The van der Waals surface area contributed by atoms with Crippen molar-refractivity contribution in [3.05, 3.63) is 57.8 Å². The minimum absolute atomic E-state index is 0.00404. The maximum absolute atomic E-state index is 12.4. The summed E-state index contributed by atoms with van der Waals surface area (Å²) in [6, 6.07) is 10.6. The van der Waals surface area contributed by atoms with E-state index < -0.39 is 0 Å². The zero-order valence-corrected chi connectivity index (χ0v) is 16.1. The molecule has 1 amide bonds. The Bertz CT molecular complexity index is 892. The van der Waals surface area contributed by atoms with Gasteiger partial charge in [0.25, 0.3) is 5.91 Å². The number of hydrogen-bond acceptors (Lipinski definition) is 3. The van der Waals surface area contributed by atoms with Gasteiger partial charge in [0.05, 0.1) is 4.91 Å². The quantitative estimate of drug-likeness (QED) is 0.776. The zero-order chi connectivity index (χ0) is 18.1. The summed E-state index contributed by atoms with van der Waals surface area (Å²) in [5, 5.41) is 0.737. The van der Waals surface area contributed by atoms with E-state index in [1.165, 1.54) is 28.7 Å². The maximum Gasteiger partial charge on any atom is 0.266 e. The van der Waals surface area contributed by atoms with Gasteiger partial charge < -0.3 is 4.57 Å². The maximum atomic E-state index is 12.4. The highest BCUT2D eigenvalue weighted by Gasteiger charge is 2.30. The van der Waals surface area contributed by atoms with Gasteiger partial charge in [-0.15, -0.1) is 0 Å². The molecule has 5 heteroatoms. The molecule has 0 unspecified atom stereocenters. The summed E-state index contributed by atoms with van der Waals surface area (Å²) in [6.07, 6.45) is 2.97. The molecule has 1 fully saturated rings. The van der Waals surface area contributed by atoms with Crippen molar-refractivity contribution in [2.24, 2.45) is 4.99 Å². The first kappa shape index (κ1) is 17.5. The number of rotatable bonds is 3. The Balaban J connectivity index is 2.07. The molecule has 0 spiro atoms. The molecule has 0 aliphatic carbocycles.